The van der Waals surface area contributed by atoms with Crippen molar-refractivity contribution in [1.29, 1.82) is 0 Å². The molecule has 0 saturated heterocycles. The van der Waals surface area contributed by atoms with E-state index in [1.54, 1.807) is 30.5 Å². The third kappa shape index (κ3) is 10.4. The number of nitrogens with zero attached hydrogens (tertiary/aromatic N) is 4. The van der Waals surface area contributed by atoms with E-state index in [1.807, 2.05) is 48.7 Å². The van der Waals surface area contributed by atoms with Gasteiger partial charge in [0.2, 0.25) is 0 Å². The fourth-order valence-electron chi connectivity index (χ4n) is 6.07. The van der Waals surface area contributed by atoms with Gasteiger partial charge in [0.1, 0.15) is 16.7 Å². The molecule has 7 aromatic rings. The molecule has 0 aliphatic heterocycles. The fraction of sp³-hybridized carbons (Fsp3) is 0.0833. The van der Waals surface area contributed by atoms with Gasteiger partial charge < -0.3 is 10.0 Å². The summed E-state index contributed by atoms with van der Waals surface area (Å²) in [5.74, 6) is 0. The Morgan fingerprint density at radius 3 is 1.38 bits per heavy atom. The average molecular weight is 752 g/mol. The second-order valence-corrected chi connectivity index (χ2v) is 13.8. The van der Waals surface area contributed by atoms with Crippen LogP contribution in [0.3, 0.4) is 0 Å². The van der Waals surface area contributed by atoms with E-state index in [-0.39, 0.29) is 0 Å². The van der Waals surface area contributed by atoms with Gasteiger partial charge in [0.25, 0.3) is 0 Å². The van der Waals surface area contributed by atoms with Crippen molar-refractivity contribution in [2.24, 2.45) is 0 Å². The summed E-state index contributed by atoms with van der Waals surface area (Å²) in [7, 11) is -1.40. The summed E-state index contributed by atoms with van der Waals surface area (Å²) in [6.07, 6.45) is 12.9. The summed E-state index contributed by atoms with van der Waals surface area (Å²) >= 11 is 6.05. The molecule has 0 bridgehead atoms. The first kappa shape index (κ1) is 39.4. The predicted molar refractivity (Wildman–Crippen MR) is 230 cm³/mol. The molecule has 0 saturated carbocycles. The van der Waals surface area contributed by atoms with Gasteiger partial charge in [-0.3, -0.25) is 9.97 Å². The Hall–Kier alpha value is -6.34. The minimum absolute atomic E-state index is 0.400. The van der Waals surface area contributed by atoms with Crippen LogP contribution < -0.4 is 0 Å². The molecule has 56 heavy (non-hydrogen) atoms. The summed E-state index contributed by atoms with van der Waals surface area (Å²) < 4.78 is 0. The Labute approximate surface area is 334 Å². The first-order valence-corrected chi connectivity index (χ1v) is 18.6. The topological polar surface area (TPSA) is 92.0 Å². The first-order valence-electron chi connectivity index (χ1n) is 18.2. The molecule has 6 nitrogen and oxygen atoms in total. The van der Waals surface area contributed by atoms with Gasteiger partial charge in [0, 0.05) is 52.1 Å². The van der Waals surface area contributed by atoms with Crippen LogP contribution in [-0.4, -0.2) is 37.1 Å². The van der Waals surface area contributed by atoms with Crippen molar-refractivity contribution >= 4 is 18.7 Å². The Balaban J connectivity index is 0.000000158. The maximum Gasteiger partial charge on any atom is 0.526 e. The number of aryl methyl sites for hydroxylation is 4. The van der Waals surface area contributed by atoms with Crippen LogP contribution in [0.5, 0.6) is 0 Å². The Bertz CT molecular complexity index is 2530. The number of hydrogen-bond donors (Lipinski definition) is 2. The maximum absolute atomic E-state index is 8.55. The van der Waals surface area contributed by atoms with Gasteiger partial charge in [0.05, 0.1) is 40.9 Å². The van der Waals surface area contributed by atoms with E-state index in [1.165, 1.54) is 22.3 Å². The smallest absolute Gasteiger partial charge is 0.421 e. The van der Waals surface area contributed by atoms with Gasteiger partial charge in [-0.1, -0.05) is 137 Å². The molecule has 0 fully saturated rings. The van der Waals surface area contributed by atoms with Crippen LogP contribution in [0.1, 0.15) is 22.3 Å². The molecular weight excluding hydrogens is 711 g/mol. The molecule has 274 valence electrons. The molecule has 2 aromatic heterocycles. The van der Waals surface area contributed by atoms with E-state index in [0.29, 0.717) is 10.6 Å². The molecule has 8 heteroatoms. The Kier molecular flexibility index (Phi) is 13.2. The SMILES string of the molecule is Cc1cccc(-c2ncc(-c3ccccc3)nc2-c2cccc(C)c2)c1.Cc1cccc(-c2ncc(Cl)nc2-c2cccc(C)c2)c1.OB(O)C1=CC=CC=[C+]1. The van der Waals surface area contributed by atoms with Gasteiger partial charge in [-0.2, -0.15) is 0 Å². The number of benzene rings is 5. The molecule has 2 N–H and O–H groups in total. The van der Waals surface area contributed by atoms with Gasteiger partial charge in [0.15, 0.2) is 0 Å². The predicted octanol–water partition coefficient (Wildman–Crippen LogP) is 11.0. The minimum atomic E-state index is -1.40. The zero-order valence-corrected chi connectivity index (χ0v) is 32.5. The van der Waals surface area contributed by atoms with E-state index < -0.39 is 7.12 Å². The molecule has 0 amide bonds. The molecule has 0 atom stereocenters. The summed E-state index contributed by atoms with van der Waals surface area (Å²) in [5, 5.41) is 17.5. The lowest BCUT2D eigenvalue weighted by Gasteiger charge is -2.12. The monoisotopic (exact) mass is 751 g/mol. The second-order valence-electron chi connectivity index (χ2n) is 13.4. The largest absolute Gasteiger partial charge is 0.526 e. The van der Waals surface area contributed by atoms with Crippen LogP contribution in [0.25, 0.3) is 56.3 Å². The normalized spacial score (nSPS) is 11.3. The van der Waals surface area contributed by atoms with Crippen LogP contribution in [0, 0.1) is 33.8 Å². The molecule has 2 heterocycles. The van der Waals surface area contributed by atoms with E-state index in [4.69, 9.17) is 31.6 Å². The summed E-state index contributed by atoms with van der Waals surface area (Å²) in [6.45, 7) is 8.33. The average Bonchev–Trinajstić information content (AvgIpc) is 3.22. The van der Waals surface area contributed by atoms with Gasteiger partial charge in [-0.05, 0) is 52.0 Å². The number of halogens is 1. The van der Waals surface area contributed by atoms with Crippen molar-refractivity contribution in [3.63, 3.8) is 0 Å². The molecule has 1 aliphatic rings. The second kappa shape index (κ2) is 18.8. The highest BCUT2D eigenvalue weighted by Crippen LogP contribution is 2.33. The third-order valence-corrected chi connectivity index (χ3v) is 8.94. The van der Waals surface area contributed by atoms with Crippen LogP contribution in [0.15, 0.2) is 170 Å². The van der Waals surface area contributed by atoms with Crippen molar-refractivity contribution in [2.45, 2.75) is 27.7 Å². The third-order valence-electron chi connectivity index (χ3n) is 8.76. The van der Waals surface area contributed by atoms with E-state index in [0.717, 1.165) is 56.3 Å². The number of allylic oxidation sites excluding steroid dienone is 6. The standard InChI is InChI=1S/C24H20N2.C18H15ClN2.C6H6BO2/c1-17-8-6-12-20(14-17)23-24(21-13-7-9-18(2)15-21)26-22(16-25-23)19-10-4-3-5-11-19;1-12-5-3-7-14(9-12)17-18(21-16(19)11-20-17)15-8-4-6-13(2)10-15;8-7(9)6-4-2-1-3-5-6/h3-16H,1-2H3;3-11H,1-2H3;1-4,8-9H/q;;+1. The highest BCUT2D eigenvalue weighted by molar-refractivity contribution is 6.51. The number of aromatic nitrogens is 4. The van der Waals surface area contributed by atoms with Crippen molar-refractivity contribution < 1.29 is 10.0 Å². The Morgan fingerprint density at radius 1 is 0.500 bits per heavy atom. The maximum atomic E-state index is 8.55. The Morgan fingerprint density at radius 2 is 0.946 bits per heavy atom. The lowest BCUT2D eigenvalue weighted by Crippen LogP contribution is -2.14. The summed E-state index contributed by atoms with van der Waals surface area (Å²) in [5.41, 5.74) is 14.9. The van der Waals surface area contributed by atoms with Crippen molar-refractivity contribution in [3.05, 3.63) is 203 Å². The van der Waals surface area contributed by atoms with E-state index in [9.17, 15) is 0 Å². The molecule has 0 radical (unpaired) electrons. The highest BCUT2D eigenvalue weighted by atomic mass is 35.5. The van der Waals surface area contributed by atoms with Crippen LogP contribution in [0.2, 0.25) is 5.15 Å². The fourth-order valence-corrected chi connectivity index (χ4v) is 6.20. The van der Waals surface area contributed by atoms with Crippen molar-refractivity contribution in [3.8, 4) is 56.3 Å². The number of hydrogen-bond acceptors (Lipinski definition) is 6. The highest BCUT2D eigenvalue weighted by Gasteiger charge is 2.19. The molecule has 0 spiro atoms. The van der Waals surface area contributed by atoms with Crippen LogP contribution >= 0.6 is 11.6 Å². The van der Waals surface area contributed by atoms with Crippen LogP contribution in [0.4, 0.5) is 0 Å². The number of rotatable bonds is 6. The van der Waals surface area contributed by atoms with E-state index in [2.05, 4.69) is 129 Å². The lowest BCUT2D eigenvalue weighted by atomic mass is 9.78. The van der Waals surface area contributed by atoms with Gasteiger partial charge in [-0.25, -0.2) is 9.97 Å². The zero-order chi connectivity index (χ0) is 39.4. The van der Waals surface area contributed by atoms with Gasteiger partial charge in [-0.15, -0.1) is 0 Å². The molecule has 1 aliphatic carbocycles. The summed E-state index contributed by atoms with van der Waals surface area (Å²) in [4.78, 5) is 18.8. The van der Waals surface area contributed by atoms with E-state index >= 15 is 0 Å². The van der Waals surface area contributed by atoms with Crippen molar-refractivity contribution in [1.82, 2.24) is 19.9 Å². The minimum Gasteiger partial charge on any atom is -0.421 e. The lowest BCUT2D eigenvalue weighted by molar-refractivity contribution is 0.420. The van der Waals surface area contributed by atoms with Crippen molar-refractivity contribution in [2.75, 3.05) is 0 Å². The van der Waals surface area contributed by atoms with Crippen LogP contribution in [-0.2, 0) is 0 Å². The molecule has 8 rings (SSSR count). The van der Waals surface area contributed by atoms with Gasteiger partial charge >= 0.3 is 7.12 Å². The molecule has 5 aromatic carbocycles. The zero-order valence-electron chi connectivity index (χ0n) is 31.7. The molecule has 0 unspecified atom stereocenters. The molecular formula is C48H41BClN4O2+. The summed E-state index contributed by atoms with van der Waals surface area (Å²) in [6, 6.07) is 43.5. The quantitative estimate of drug-likeness (QED) is 0.130. The first-order chi connectivity index (χ1) is 27.1.